The van der Waals surface area contributed by atoms with E-state index in [-0.39, 0.29) is 17.4 Å². The second kappa shape index (κ2) is 9.64. The molecule has 1 aromatic rings. The zero-order chi connectivity index (χ0) is 21.0. The zero-order valence-electron chi connectivity index (χ0n) is 16.1. The second-order valence-corrected chi connectivity index (χ2v) is 8.08. The molecule has 29 heavy (non-hydrogen) atoms. The van der Waals surface area contributed by atoms with Gasteiger partial charge in [-0.15, -0.1) is 0 Å². The maximum atomic E-state index is 12.7. The van der Waals surface area contributed by atoms with Gasteiger partial charge in [0.1, 0.15) is 6.54 Å². The molecule has 0 aromatic heterocycles. The number of imide groups is 1. The van der Waals surface area contributed by atoms with Gasteiger partial charge < -0.3 is 19.1 Å². The van der Waals surface area contributed by atoms with Crippen molar-refractivity contribution in [3.05, 3.63) is 27.1 Å². The lowest BCUT2D eigenvalue weighted by molar-refractivity contribution is -0.139. The number of nitrogens with zero attached hydrogens (tertiary/aromatic N) is 2. The van der Waals surface area contributed by atoms with Gasteiger partial charge in [-0.3, -0.25) is 19.3 Å². The van der Waals surface area contributed by atoms with E-state index in [1.54, 1.807) is 30.2 Å². The van der Waals surface area contributed by atoms with E-state index in [4.69, 9.17) is 14.2 Å². The number of thioether (sulfide) groups is 1. The van der Waals surface area contributed by atoms with Crippen LogP contribution in [0.4, 0.5) is 4.79 Å². The number of ether oxygens (including phenoxy) is 3. The first-order valence-corrected chi connectivity index (χ1v) is 10.7. The van der Waals surface area contributed by atoms with Crippen molar-refractivity contribution in [2.24, 2.45) is 0 Å². The van der Waals surface area contributed by atoms with E-state index in [9.17, 15) is 14.4 Å². The Balaban J connectivity index is 1.78. The third-order valence-electron chi connectivity index (χ3n) is 4.36. The number of hydrogen-bond donors (Lipinski definition) is 0. The zero-order valence-corrected chi connectivity index (χ0v) is 18.5. The summed E-state index contributed by atoms with van der Waals surface area (Å²) in [5.74, 6) is 0.333. The van der Waals surface area contributed by atoms with Gasteiger partial charge in [0, 0.05) is 13.1 Å². The highest BCUT2D eigenvalue weighted by Gasteiger charge is 2.37. The van der Waals surface area contributed by atoms with Crippen molar-refractivity contribution in [3.63, 3.8) is 0 Å². The van der Waals surface area contributed by atoms with Gasteiger partial charge in [-0.05, 0) is 58.4 Å². The number of methoxy groups -OCH3 is 1. The summed E-state index contributed by atoms with van der Waals surface area (Å²) in [6.07, 6.45) is 1.61. The van der Waals surface area contributed by atoms with Crippen LogP contribution in [-0.2, 0) is 14.3 Å². The Morgan fingerprint density at radius 3 is 2.69 bits per heavy atom. The van der Waals surface area contributed by atoms with Gasteiger partial charge in [-0.25, -0.2) is 0 Å². The fourth-order valence-electron chi connectivity index (χ4n) is 2.97. The summed E-state index contributed by atoms with van der Waals surface area (Å²) in [6.45, 7) is 3.89. The van der Waals surface area contributed by atoms with Crippen molar-refractivity contribution in [1.29, 1.82) is 0 Å². The Morgan fingerprint density at radius 1 is 1.31 bits per heavy atom. The first-order chi connectivity index (χ1) is 13.9. The standard InChI is InChI=1S/C19H21BrN2O6S/c1-3-28-14-9-12(8-13(20)17(14)26-2)10-15-18(24)22(19(25)29-15)11-16(23)21-4-6-27-7-5-21/h8-10H,3-7,11H2,1-2H3/b15-10+. The smallest absolute Gasteiger partial charge is 0.294 e. The highest BCUT2D eigenvalue weighted by atomic mass is 79.9. The molecule has 0 atom stereocenters. The van der Waals surface area contributed by atoms with Gasteiger partial charge in [0.15, 0.2) is 11.5 Å². The molecular weight excluding hydrogens is 464 g/mol. The van der Waals surface area contributed by atoms with Crippen molar-refractivity contribution >= 4 is 50.8 Å². The molecule has 0 unspecified atom stereocenters. The second-order valence-electron chi connectivity index (χ2n) is 6.23. The molecule has 0 aliphatic carbocycles. The molecule has 156 valence electrons. The Bertz CT molecular complexity index is 853. The predicted octanol–water partition coefficient (Wildman–Crippen LogP) is 2.75. The van der Waals surface area contributed by atoms with E-state index in [1.165, 1.54) is 0 Å². The Labute approximate surface area is 181 Å². The lowest BCUT2D eigenvalue weighted by Gasteiger charge is -2.28. The molecule has 8 nitrogen and oxygen atoms in total. The molecule has 2 saturated heterocycles. The van der Waals surface area contributed by atoms with Crippen LogP contribution in [0.15, 0.2) is 21.5 Å². The van der Waals surface area contributed by atoms with E-state index in [0.717, 1.165) is 16.7 Å². The van der Waals surface area contributed by atoms with Gasteiger partial charge in [-0.1, -0.05) is 0 Å². The van der Waals surface area contributed by atoms with Crippen LogP contribution < -0.4 is 9.47 Å². The van der Waals surface area contributed by atoms with E-state index >= 15 is 0 Å². The number of amides is 3. The van der Waals surface area contributed by atoms with Gasteiger partial charge in [0.05, 0.1) is 36.3 Å². The van der Waals surface area contributed by atoms with E-state index in [1.807, 2.05) is 6.92 Å². The van der Waals surface area contributed by atoms with Gasteiger partial charge >= 0.3 is 0 Å². The van der Waals surface area contributed by atoms with Crippen molar-refractivity contribution in [1.82, 2.24) is 9.80 Å². The summed E-state index contributed by atoms with van der Waals surface area (Å²) in [7, 11) is 1.54. The van der Waals surface area contributed by atoms with Crippen LogP contribution in [0.5, 0.6) is 11.5 Å². The summed E-state index contributed by atoms with van der Waals surface area (Å²) in [6, 6.07) is 3.51. The lowest BCUT2D eigenvalue weighted by atomic mass is 10.2. The van der Waals surface area contributed by atoms with Crippen LogP contribution >= 0.6 is 27.7 Å². The first kappa shape index (κ1) is 21.7. The number of morpholine rings is 1. The number of benzene rings is 1. The minimum atomic E-state index is -0.480. The van der Waals surface area contributed by atoms with Crippen molar-refractivity contribution in [2.45, 2.75) is 6.92 Å². The normalized spacial score (nSPS) is 18.5. The molecule has 0 radical (unpaired) electrons. The van der Waals surface area contributed by atoms with Gasteiger partial charge in [0.25, 0.3) is 11.1 Å². The SMILES string of the molecule is CCOc1cc(/C=C2/SC(=O)N(CC(=O)N3CCOCC3)C2=O)cc(Br)c1OC. The van der Waals surface area contributed by atoms with Gasteiger partial charge in [0.2, 0.25) is 5.91 Å². The average Bonchev–Trinajstić information content (AvgIpc) is 2.96. The van der Waals surface area contributed by atoms with E-state index in [0.29, 0.717) is 54.4 Å². The maximum Gasteiger partial charge on any atom is 0.294 e. The summed E-state index contributed by atoms with van der Waals surface area (Å²) < 4.78 is 16.8. The Morgan fingerprint density at radius 2 is 2.03 bits per heavy atom. The molecule has 2 aliphatic heterocycles. The lowest BCUT2D eigenvalue weighted by Crippen LogP contribution is -2.46. The molecule has 3 amide bonds. The number of carbonyl (C=O) groups excluding carboxylic acids is 3. The topological polar surface area (TPSA) is 85.4 Å². The summed E-state index contributed by atoms with van der Waals surface area (Å²) in [4.78, 5) is 40.3. The molecule has 0 saturated carbocycles. The fraction of sp³-hybridized carbons (Fsp3) is 0.421. The number of hydrogen-bond acceptors (Lipinski definition) is 7. The third kappa shape index (κ3) is 4.93. The quantitative estimate of drug-likeness (QED) is 0.573. The van der Waals surface area contributed by atoms with E-state index in [2.05, 4.69) is 15.9 Å². The van der Waals surface area contributed by atoms with Crippen LogP contribution in [-0.4, -0.2) is 73.4 Å². The predicted molar refractivity (Wildman–Crippen MR) is 112 cm³/mol. The maximum absolute atomic E-state index is 12.7. The molecule has 0 N–H and O–H groups in total. The largest absolute Gasteiger partial charge is 0.492 e. The van der Waals surface area contributed by atoms with Crippen LogP contribution in [0.3, 0.4) is 0 Å². The fourth-order valence-corrected chi connectivity index (χ4v) is 4.43. The molecule has 3 rings (SSSR count). The first-order valence-electron chi connectivity index (χ1n) is 9.05. The van der Waals surface area contributed by atoms with Gasteiger partial charge in [-0.2, -0.15) is 0 Å². The van der Waals surface area contributed by atoms with Crippen LogP contribution in [0, 0.1) is 0 Å². The summed E-state index contributed by atoms with van der Waals surface area (Å²) in [5, 5.41) is -0.458. The van der Waals surface area contributed by atoms with Crippen LogP contribution in [0.2, 0.25) is 0 Å². The number of carbonyl (C=O) groups is 3. The van der Waals surface area contributed by atoms with Crippen molar-refractivity contribution < 1.29 is 28.6 Å². The molecule has 2 heterocycles. The molecule has 0 spiro atoms. The number of rotatable bonds is 6. The van der Waals surface area contributed by atoms with Crippen molar-refractivity contribution in [2.75, 3.05) is 46.6 Å². The number of halogens is 1. The molecule has 2 fully saturated rings. The average molecular weight is 485 g/mol. The molecule has 2 aliphatic rings. The molecular formula is C19H21BrN2O6S. The molecule has 0 bridgehead atoms. The Kier molecular flexibility index (Phi) is 7.20. The summed E-state index contributed by atoms with van der Waals surface area (Å²) in [5.41, 5.74) is 0.672. The minimum Gasteiger partial charge on any atom is -0.492 e. The van der Waals surface area contributed by atoms with Crippen molar-refractivity contribution in [3.8, 4) is 11.5 Å². The summed E-state index contributed by atoms with van der Waals surface area (Å²) >= 11 is 4.25. The molecule has 1 aromatic carbocycles. The van der Waals surface area contributed by atoms with E-state index < -0.39 is 11.1 Å². The third-order valence-corrected chi connectivity index (χ3v) is 5.86. The highest BCUT2D eigenvalue weighted by molar-refractivity contribution is 9.10. The Hall–Kier alpha value is -2.04. The minimum absolute atomic E-state index is 0.254. The van der Waals surface area contributed by atoms with Crippen LogP contribution in [0.25, 0.3) is 6.08 Å². The molecule has 10 heteroatoms. The monoisotopic (exact) mass is 484 g/mol. The van der Waals surface area contributed by atoms with Crippen LogP contribution in [0.1, 0.15) is 12.5 Å². The highest BCUT2D eigenvalue weighted by Crippen LogP contribution is 2.39.